The molecule has 2 fully saturated rings. The summed E-state index contributed by atoms with van der Waals surface area (Å²) in [7, 11) is 0. The minimum absolute atomic E-state index is 0.172. The molecule has 0 aromatic carbocycles. The highest BCUT2D eigenvalue weighted by molar-refractivity contribution is 5.82. The van der Waals surface area contributed by atoms with E-state index in [-0.39, 0.29) is 18.8 Å². The Hall–Kier alpha value is -0.580. The maximum atomic E-state index is 12.5. The zero-order valence-corrected chi connectivity index (χ0v) is 10.5. The molecule has 1 aliphatic heterocycles. The van der Waals surface area contributed by atoms with Crippen LogP contribution in [0.15, 0.2) is 0 Å². The van der Waals surface area contributed by atoms with Crippen molar-refractivity contribution in [2.45, 2.75) is 44.7 Å². The van der Waals surface area contributed by atoms with Crippen LogP contribution in [0.3, 0.4) is 0 Å². The summed E-state index contributed by atoms with van der Waals surface area (Å²) in [5.41, 5.74) is 0. The van der Waals surface area contributed by atoms with Gasteiger partial charge in [-0.2, -0.15) is 13.2 Å². The number of likely N-dealkylation sites (tertiary alicyclic amines) is 1. The first-order valence-corrected chi connectivity index (χ1v) is 6.78. The molecule has 1 atom stereocenters. The molecule has 5 heteroatoms. The second-order valence-corrected chi connectivity index (χ2v) is 5.50. The van der Waals surface area contributed by atoms with Crippen LogP contribution in [-0.2, 0) is 4.79 Å². The SMILES string of the molecule is O=C1CCCC1CCN1CCC(C(F)(F)F)CC1. The molecule has 1 unspecified atom stereocenters. The summed E-state index contributed by atoms with van der Waals surface area (Å²) in [6, 6.07) is 0. The Morgan fingerprint density at radius 1 is 1.17 bits per heavy atom. The molecule has 2 nitrogen and oxygen atoms in total. The predicted octanol–water partition coefficient (Wildman–Crippen LogP) is 3.02. The van der Waals surface area contributed by atoms with Gasteiger partial charge in [0.05, 0.1) is 5.92 Å². The molecule has 0 N–H and O–H groups in total. The number of carbonyl (C=O) groups is 1. The Kier molecular flexibility index (Phi) is 4.30. The lowest BCUT2D eigenvalue weighted by Crippen LogP contribution is -2.39. The lowest BCUT2D eigenvalue weighted by molar-refractivity contribution is -0.185. The van der Waals surface area contributed by atoms with Gasteiger partial charge in [-0.15, -0.1) is 0 Å². The number of rotatable bonds is 3. The number of Topliss-reactive ketones (excluding diaryl/α,β-unsaturated/α-hetero) is 1. The van der Waals surface area contributed by atoms with Crippen LogP contribution in [0.25, 0.3) is 0 Å². The Morgan fingerprint density at radius 2 is 1.83 bits per heavy atom. The summed E-state index contributed by atoms with van der Waals surface area (Å²) in [4.78, 5) is 13.5. The number of carbonyl (C=O) groups excluding carboxylic acids is 1. The summed E-state index contributed by atoms with van der Waals surface area (Å²) in [6.07, 6.45) is -0.133. The van der Waals surface area contributed by atoms with E-state index in [2.05, 4.69) is 4.90 Å². The maximum absolute atomic E-state index is 12.5. The van der Waals surface area contributed by atoms with Crippen molar-refractivity contribution in [3.8, 4) is 0 Å². The second-order valence-electron chi connectivity index (χ2n) is 5.50. The standard InChI is InChI=1S/C13H20F3NO/c14-13(15,16)11-5-8-17(9-6-11)7-4-10-2-1-3-12(10)18/h10-11H,1-9H2. The molecule has 0 radical (unpaired) electrons. The average Bonchev–Trinajstić information content (AvgIpc) is 2.72. The van der Waals surface area contributed by atoms with E-state index in [4.69, 9.17) is 0 Å². The normalized spacial score (nSPS) is 27.9. The van der Waals surface area contributed by atoms with Gasteiger partial charge in [0.2, 0.25) is 0 Å². The fourth-order valence-electron chi connectivity index (χ4n) is 3.02. The predicted molar refractivity (Wildman–Crippen MR) is 62.2 cm³/mol. The van der Waals surface area contributed by atoms with Gasteiger partial charge < -0.3 is 4.90 Å². The molecule has 0 aromatic rings. The molecule has 1 heterocycles. The number of alkyl halides is 3. The molecular weight excluding hydrogens is 243 g/mol. The molecule has 1 saturated heterocycles. The van der Waals surface area contributed by atoms with E-state index in [1.165, 1.54) is 0 Å². The summed E-state index contributed by atoms with van der Waals surface area (Å²) in [5, 5.41) is 0. The molecule has 0 bridgehead atoms. The Labute approximate surface area is 106 Å². The summed E-state index contributed by atoms with van der Waals surface area (Å²) >= 11 is 0. The fraction of sp³-hybridized carbons (Fsp3) is 0.923. The van der Waals surface area contributed by atoms with Crippen LogP contribution < -0.4 is 0 Å². The minimum Gasteiger partial charge on any atom is -0.303 e. The van der Waals surface area contributed by atoms with Crippen LogP contribution in [0.2, 0.25) is 0 Å². The Bertz CT molecular complexity index is 295. The van der Waals surface area contributed by atoms with Crippen molar-refractivity contribution in [1.29, 1.82) is 0 Å². The molecule has 0 amide bonds. The highest BCUT2D eigenvalue weighted by Gasteiger charge is 2.41. The van der Waals surface area contributed by atoms with Crippen molar-refractivity contribution in [1.82, 2.24) is 4.90 Å². The summed E-state index contributed by atoms with van der Waals surface area (Å²) in [6.45, 7) is 1.82. The van der Waals surface area contributed by atoms with Crippen molar-refractivity contribution in [3.05, 3.63) is 0 Å². The van der Waals surface area contributed by atoms with Crippen LogP contribution in [0.1, 0.15) is 38.5 Å². The maximum Gasteiger partial charge on any atom is 0.391 e. The van der Waals surface area contributed by atoms with Crippen molar-refractivity contribution < 1.29 is 18.0 Å². The number of halogens is 3. The first-order chi connectivity index (χ1) is 8.47. The highest BCUT2D eigenvalue weighted by Crippen LogP contribution is 2.34. The van der Waals surface area contributed by atoms with E-state index in [0.717, 1.165) is 25.8 Å². The van der Waals surface area contributed by atoms with Crippen LogP contribution >= 0.6 is 0 Å². The molecule has 2 aliphatic rings. The molecular formula is C13H20F3NO. The van der Waals surface area contributed by atoms with Crippen molar-refractivity contribution in [2.24, 2.45) is 11.8 Å². The Balaban J connectivity index is 1.69. The third-order valence-electron chi connectivity index (χ3n) is 4.28. The summed E-state index contributed by atoms with van der Waals surface area (Å²) < 4.78 is 37.5. The van der Waals surface area contributed by atoms with Gasteiger partial charge in [0, 0.05) is 12.3 Å². The number of piperidine rings is 1. The minimum atomic E-state index is -4.03. The molecule has 1 saturated carbocycles. The van der Waals surface area contributed by atoms with Gasteiger partial charge in [0.1, 0.15) is 5.78 Å². The molecule has 1 aliphatic carbocycles. The molecule has 2 rings (SSSR count). The van der Waals surface area contributed by atoms with Crippen molar-refractivity contribution in [2.75, 3.05) is 19.6 Å². The smallest absolute Gasteiger partial charge is 0.303 e. The van der Waals surface area contributed by atoms with Gasteiger partial charge in [0.15, 0.2) is 0 Å². The largest absolute Gasteiger partial charge is 0.391 e. The van der Waals surface area contributed by atoms with E-state index >= 15 is 0 Å². The number of hydrogen-bond acceptors (Lipinski definition) is 2. The van der Waals surface area contributed by atoms with Crippen LogP contribution in [-0.4, -0.2) is 36.5 Å². The van der Waals surface area contributed by atoms with E-state index in [9.17, 15) is 18.0 Å². The third kappa shape index (κ3) is 3.46. The van der Waals surface area contributed by atoms with Gasteiger partial charge in [0.25, 0.3) is 0 Å². The summed E-state index contributed by atoms with van der Waals surface area (Å²) in [5.74, 6) is -0.604. The van der Waals surface area contributed by atoms with Crippen molar-refractivity contribution in [3.63, 3.8) is 0 Å². The second kappa shape index (κ2) is 5.59. The van der Waals surface area contributed by atoms with Gasteiger partial charge in [-0.3, -0.25) is 4.79 Å². The Morgan fingerprint density at radius 3 is 2.33 bits per heavy atom. The first kappa shape index (κ1) is 13.8. The van der Waals surface area contributed by atoms with Crippen molar-refractivity contribution >= 4 is 5.78 Å². The molecule has 0 spiro atoms. The molecule has 0 aromatic heterocycles. The van der Waals surface area contributed by atoms with E-state index in [1.807, 2.05) is 0 Å². The number of ketones is 1. The van der Waals surface area contributed by atoms with E-state index < -0.39 is 12.1 Å². The van der Waals surface area contributed by atoms with Gasteiger partial charge in [-0.25, -0.2) is 0 Å². The first-order valence-electron chi connectivity index (χ1n) is 6.78. The molecule has 18 heavy (non-hydrogen) atoms. The van der Waals surface area contributed by atoms with Gasteiger partial charge in [-0.1, -0.05) is 0 Å². The van der Waals surface area contributed by atoms with Gasteiger partial charge in [-0.05, 0) is 51.7 Å². The van der Waals surface area contributed by atoms with Gasteiger partial charge >= 0.3 is 6.18 Å². The quantitative estimate of drug-likeness (QED) is 0.780. The van der Waals surface area contributed by atoms with Crippen LogP contribution in [0, 0.1) is 11.8 Å². The highest BCUT2D eigenvalue weighted by atomic mass is 19.4. The lowest BCUT2D eigenvalue weighted by atomic mass is 9.95. The average molecular weight is 263 g/mol. The number of hydrogen-bond donors (Lipinski definition) is 0. The van der Waals surface area contributed by atoms with Crippen LogP contribution in [0.4, 0.5) is 13.2 Å². The van der Waals surface area contributed by atoms with Crippen LogP contribution in [0.5, 0.6) is 0 Å². The topological polar surface area (TPSA) is 20.3 Å². The van der Waals surface area contributed by atoms with E-state index in [1.54, 1.807) is 0 Å². The zero-order chi connectivity index (χ0) is 13.2. The zero-order valence-electron chi connectivity index (χ0n) is 10.5. The molecule has 104 valence electrons. The number of nitrogens with zero attached hydrogens (tertiary/aromatic N) is 1. The lowest BCUT2D eigenvalue weighted by Gasteiger charge is -2.33. The third-order valence-corrected chi connectivity index (χ3v) is 4.28. The van der Waals surface area contributed by atoms with E-state index in [0.29, 0.717) is 25.3 Å². The monoisotopic (exact) mass is 263 g/mol. The fourth-order valence-corrected chi connectivity index (χ4v) is 3.02.